The van der Waals surface area contributed by atoms with Crippen LogP contribution in [0.1, 0.15) is 30.9 Å². The zero-order valence-electron chi connectivity index (χ0n) is 12.1. The van der Waals surface area contributed by atoms with Crippen LogP contribution < -0.4 is 4.74 Å². The molecule has 1 saturated heterocycles. The Hall–Kier alpha value is -1.26. The number of likely N-dealkylation sites (tertiary alicyclic amines) is 1. The van der Waals surface area contributed by atoms with Crippen LogP contribution in [0.3, 0.4) is 0 Å². The molecule has 3 rings (SSSR count). The minimum Gasteiger partial charge on any atom is -0.493 e. The van der Waals surface area contributed by atoms with Gasteiger partial charge in [0.05, 0.1) is 12.5 Å². The van der Waals surface area contributed by atoms with Crippen LogP contribution >= 0.6 is 11.6 Å². The number of hydrogen-bond acceptors (Lipinski definition) is 3. The molecule has 0 amide bonds. The Kier molecular flexibility index (Phi) is 4.09. The minimum atomic E-state index is -0.695. The van der Waals surface area contributed by atoms with Crippen LogP contribution in [-0.4, -0.2) is 35.2 Å². The Morgan fingerprint density at radius 3 is 3.10 bits per heavy atom. The number of halogens is 1. The molecular formula is C16H20ClNO3. The molecule has 0 aromatic heterocycles. The van der Waals surface area contributed by atoms with E-state index in [0.717, 1.165) is 47.7 Å². The molecular weight excluding hydrogens is 290 g/mol. The SMILES string of the molecule is C[C@@H]1[C@H](C(=O)O)CCCN1Cc1cc(Cl)cc2c1OCC2. The summed E-state index contributed by atoms with van der Waals surface area (Å²) < 4.78 is 5.73. The number of aliphatic carboxylic acids is 1. The van der Waals surface area contributed by atoms with Crippen molar-refractivity contribution in [2.45, 2.75) is 38.8 Å². The molecule has 1 aromatic carbocycles. The summed E-state index contributed by atoms with van der Waals surface area (Å²) in [5.74, 6) is -0.0317. The quantitative estimate of drug-likeness (QED) is 0.932. The van der Waals surface area contributed by atoms with Crippen molar-refractivity contribution in [2.75, 3.05) is 13.2 Å². The molecule has 21 heavy (non-hydrogen) atoms. The Labute approximate surface area is 129 Å². The number of nitrogens with zero attached hydrogens (tertiary/aromatic N) is 1. The number of hydrogen-bond donors (Lipinski definition) is 1. The standard InChI is InChI=1S/C16H20ClNO3/c1-10-14(16(19)20)3-2-5-18(10)9-12-8-13(17)7-11-4-6-21-15(11)12/h7-8,10,14H,2-6,9H2,1H3,(H,19,20)/t10-,14-/m1/s1. The molecule has 2 aliphatic heterocycles. The second-order valence-electron chi connectivity index (χ2n) is 5.95. The van der Waals surface area contributed by atoms with Crippen LogP contribution in [-0.2, 0) is 17.8 Å². The first-order valence-electron chi connectivity index (χ1n) is 7.47. The number of carboxylic acids is 1. The molecule has 0 unspecified atom stereocenters. The first-order chi connectivity index (χ1) is 10.1. The van der Waals surface area contributed by atoms with Crippen LogP contribution in [0.2, 0.25) is 5.02 Å². The summed E-state index contributed by atoms with van der Waals surface area (Å²) >= 11 is 6.19. The van der Waals surface area contributed by atoms with E-state index >= 15 is 0 Å². The van der Waals surface area contributed by atoms with Gasteiger partial charge in [0.1, 0.15) is 5.75 Å². The fourth-order valence-electron chi connectivity index (χ4n) is 3.45. The number of piperidine rings is 1. The lowest BCUT2D eigenvalue weighted by molar-refractivity contribution is -0.145. The van der Waals surface area contributed by atoms with Crippen molar-refractivity contribution in [3.05, 3.63) is 28.3 Å². The number of carbonyl (C=O) groups is 1. The van der Waals surface area contributed by atoms with Crippen LogP contribution in [0.5, 0.6) is 5.75 Å². The predicted molar refractivity (Wildman–Crippen MR) is 80.9 cm³/mol. The third-order valence-electron chi connectivity index (χ3n) is 4.63. The van der Waals surface area contributed by atoms with Gasteiger partial charge in [0.2, 0.25) is 0 Å². The zero-order valence-corrected chi connectivity index (χ0v) is 12.9. The van der Waals surface area contributed by atoms with Crippen LogP contribution in [0.15, 0.2) is 12.1 Å². The Bertz CT molecular complexity index is 561. The van der Waals surface area contributed by atoms with Crippen molar-refractivity contribution in [1.82, 2.24) is 4.90 Å². The Morgan fingerprint density at radius 1 is 1.52 bits per heavy atom. The number of rotatable bonds is 3. The van der Waals surface area contributed by atoms with E-state index in [1.807, 2.05) is 19.1 Å². The van der Waals surface area contributed by atoms with E-state index in [1.165, 1.54) is 0 Å². The third kappa shape index (κ3) is 2.87. The lowest BCUT2D eigenvalue weighted by Gasteiger charge is -2.37. The van der Waals surface area contributed by atoms with Crippen LogP contribution in [0.4, 0.5) is 0 Å². The van der Waals surface area contributed by atoms with Crippen molar-refractivity contribution >= 4 is 17.6 Å². The Balaban J connectivity index is 1.82. The third-order valence-corrected chi connectivity index (χ3v) is 4.85. The molecule has 0 saturated carbocycles. The summed E-state index contributed by atoms with van der Waals surface area (Å²) in [4.78, 5) is 13.6. The minimum absolute atomic E-state index is 0.0345. The largest absolute Gasteiger partial charge is 0.493 e. The summed E-state index contributed by atoms with van der Waals surface area (Å²) in [6, 6.07) is 3.95. The summed E-state index contributed by atoms with van der Waals surface area (Å²) in [5, 5.41) is 10.0. The van der Waals surface area contributed by atoms with Gasteiger partial charge in [-0.15, -0.1) is 0 Å². The van der Waals surface area contributed by atoms with Gasteiger partial charge in [0.15, 0.2) is 0 Å². The topological polar surface area (TPSA) is 49.8 Å². The molecule has 0 bridgehead atoms. The molecule has 4 nitrogen and oxygen atoms in total. The maximum absolute atomic E-state index is 11.3. The van der Waals surface area contributed by atoms with E-state index in [9.17, 15) is 9.90 Å². The second-order valence-corrected chi connectivity index (χ2v) is 6.39. The molecule has 0 radical (unpaired) electrons. The molecule has 2 aliphatic rings. The molecule has 114 valence electrons. The van der Waals surface area contributed by atoms with Gasteiger partial charge in [0.25, 0.3) is 0 Å². The summed E-state index contributed by atoms with van der Waals surface area (Å²) in [6.07, 6.45) is 2.58. The van der Waals surface area contributed by atoms with Gasteiger partial charge in [-0.1, -0.05) is 11.6 Å². The maximum atomic E-state index is 11.3. The molecule has 2 heterocycles. The molecule has 1 fully saturated rings. The smallest absolute Gasteiger partial charge is 0.308 e. The average Bonchev–Trinajstić information content (AvgIpc) is 2.88. The van der Waals surface area contributed by atoms with E-state index in [1.54, 1.807) is 0 Å². The molecule has 0 spiro atoms. The molecule has 1 N–H and O–H groups in total. The molecule has 1 aromatic rings. The van der Waals surface area contributed by atoms with Crippen molar-refractivity contribution < 1.29 is 14.6 Å². The van der Waals surface area contributed by atoms with E-state index in [0.29, 0.717) is 13.2 Å². The number of carboxylic acid groups (broad SMARTS) is 1. The summed E-state index contributed by atoms with van der Waals surface area (Å²) in [5.41, 5.74) is 2.24. The maximum Gasteiger partial charge on any atom is 0.308 e. The van der Waals surface area contributed by atoms with E-state index in [4.69, 9.17) is 16.3 Å². The van der Waals surface area contributed by atoms with Crippen LogP contribution in [0.25, 0.3) is 0 Å². The predicted octanol–water partition coefficient (Wildman–Crippen LogP) is 2.96. The van der Waals surface area contributed by atoms with E-state index in [-0.39, 0.29) is 12.0 Å². The highest BCUT2D eigenvalue weighted by molar-refractivity contribution is 6.30. The van der Waals surface area contributed by atoms with Crippen molar-refractivity contribution in [3.8, 4) is 5.75 Å². The van der Waals surface area contributed by atoms with Gasteiger partial charge < -0.3 is 9.84 Å². The highest BCUT2D eigenvalue weighted by Crippen LogP contribution is 2.35. The van der Waals surface area contributed by atoms with Gasteiger partial charge in [0, 0.05) is 29.6 Å². The summed E-state index contributed by atoms with van der Waals surface area (Å²) in [6.45, 7) is 4.33. The van der Waals surface area contributed by atoms with Crippen LogP contribution in [0, 0.1) is 5.92 Å². The van der Waals surface area contributed by atoms with Crippen molar-refractivity contribution in [2.24, 2.45) is 5.92 Å². The van der Waals surface area contributed by atoms with Gasteiger partial charge >= 0.3 is 5.97 Å². The highest BCUT2D eigenvalue weighted by Gasteiger charge is 2.33. The zero-order chi connectivity index (χ0) is 15.0. The van der Waals surface area contributed by atoms with Gasteiger partial charge in [-0.2, -0.15) is 0 Å². The van der Waals surface area contributed by atoms with Crippen molar-refractivity contribution in [1.29, 1.82) is 0 Å². The lowest BCUT2D eigenvalue weighted by Crippen LogP contribution is -2.45. The number of ether oxygens (including phenoxy) is 1. The molecule has 5 heteroatoms. The average molecular weight is 310 g/mol. The Morgan fingerprint density at radius 2 is 2.33 bits per heavy atom. The van der Waals surface area contributed by atoms with E-state index in [2.05, 4.69) is 4.90 Å². The van der Waals surface area contributed by atoms with Gasteiger partial charge in [-0.25, -0.2) is 0 Å². The van der Waals surface area contributed by atoms with Gasteiger partial charge in [-0.05, 0) is 44.0 Å². The fourth-order valence-corrected chi connectivity index (χ4v) is 3.71. The first kappa shape index (κ1) is 14.7. The molecule has 0 aliphatic carbocycles. The monoisotopic (exact) mass is 309 g/mol. The van der Waals surface area contributed by atoms with Crippen molar-refractivity contribution in [3.63, 3.8) is 0 Å². The second kappa shape index (κ2) is 5.85. The first-order valence-corrected chi connectivity index (χ1v) is 7.85. The van der Waals surface area contributed by atoms with Gasteiger partial charge in [-0.3, -0.25) is 9.69 Å². The molecule has 2 atom stereocenters. The normalized spacial score (nSPS) is 25.4. The number of fused-ring (bicyclic) bond motifs is 1. The number of benzene rings is 1. The van der Waals surface area contributed by atoms with E-state index < -0.39 is 5.97 Å². The lowest BCUT2D eigenvalue weighted by atomic mass is 9.90. The fraction of sp³-hybridized carbons (Fsp3) is 0.562. The summed E-state index contributed by atoms with van der Waals surface area (Å²) in [7, 11) is 0. The highest BCUT2D eigenvalue weighted by atomic mass is 35.5.